The minimum Gasteiger partial charge on any atom is -0.347 e. The molecule has 0 fully saturated rings. The summed E-state index contributed by atoms with van der Waals surface area (Å²) < 4.78 is 0. The van der Waals surface area contributed by atoms with Crippen LogP contribution in [0.15, 0.2) is 23.8 Å². The number of aromatic nitrogens is 2. The number of pyridine rings is 1. The molecule has 2 rings (SSSR count). The quantitative estimate of drug-likeness (QED) is 0.566. The highest BCUT2D eigenvalue weighted by Gasteiger charge is 2.07. The third kappa shape index (κ3) is 2.82. The molecule has 0 radical (unpaired) electrons. The fourth-order valence-electron chi connectivity index (χ4n) is 1.37. The summed E-state index contributed by atoms with van der Waals surface area (Å²) >= 11 is 1.52. The Labute approximate surface area is 108 Å². The van der Waals surface area contributed by atoms with Gasteiger partial charge in [0.2, 0.25) is 0 Å². The number of nitrogens with zero attached hydrogens (tertiary/aromatic N) is 2. The van der Waals surface area contributed by atoms with E-state index in [0.29, 0.717) is 17.9 Å². The first kappa shape index (κ1) is 12.5. The molecule has 2 aromatic heterocycles. The Balaban J connectivity index is 1.97. The predicted molar refractivity (Wildman–Crippen MR) is 70.1 cm³/mol. The molecule has 2 heterocycles. The normalized spacial score (nSPS) is 10.1. The lowest BCUT2D eigenvalue weighted by Crippen LogP contribution is -2.23. The number of amides is 1. The van der Waals surface area contributed by atoms with Crippen LogP contribution < -0.4 is 16.6 Å². The predicted octanol–water partition coefficient (Wildman–Crippen LogP) is 1.06. The zero-order valence-corrected chi connectivity index (χ0v) is 10.6. The van der Waals surface area contributed by atoms with E-state index in [1.54, 1.807) is 17.6 Å². The van der Waals surface area contributed by atoms with Gasteiger partial charge in [-0.3, -0.25) is 4.79 Å². The Bertz CT molecular complexity index is 537. The van der Waals surface area contributed by atoms with Crippen LogP contribution >= 0.6 is 11.3 Å². The molecular weight excluding hydrogens is 250 g/mol. The van der Waals surface area contributed by atoms with Crippen LogP contribution in [0.25, 0.3) is 0 Å². The maximum atomic E-state index is 11.8. The van der Waals surface area contributed by atoms with Crippen molar-refractivity contribution in [3.8, 4) is 0 Å². The van der Waals surface area contributed by atoms with Crippen LogP contribution in [0, 0.1) is 6.92 Å². The van der Waals surface area contributed by atoms with Crippen LogP contribution in [0.3, 0.4) is 0 Å². The van der Waals surface area contributed by atoms with Gasteiger partial charge >= 0.3 is 0 Å². The van der Waals surface area contributed by atoms with Crippen LogP contribution in [-0.2, 0) is 6.54 Å². The molecule has 18 heavy (non-hydrogen) atoms. The number of thiazole rings is 1. The van der Waals surface area contributed by atoms with Crippen molar-refractivity contribution in [3.05, 3.63) is 40.0 Å². The van der Waals surface area contributed by atoms with E-state index in [1.807, 2.05) is 6.92 Å². The first-order valence-electron chi connectivity index (χ1n) is 5.30. The van der Waals surface area contributed by atoms with Gasteiger partial charge in [-0.25, -0.2) is 15.8 Å². The molecule has 4 N–H and O–H groups in total. The molecule has 0 bridgehead atoms. The molecule has 0 aromatic carbocycles. The minimum absolute atomic E-state index is 0.168. The number of nitrogens with one attached hydrogen (secondary N) is 2. The highest BCUT2D eigenvalue weighted by atomic mass is 32.1. The number of aryl methyl sites for hydroxylation is 1. The Morgan fingerprint density at radius 3 is 2.83 bits per heavy atom. The zero-order chi connectivity index (χ0) is 13.0. The monoisotopic (exact) mass is 263 g/mol. The Morgan fingerprint density at radius 2 is 2.28 bits per heavy atom. The highest BCUT2D eigenvalue weighted by Crippen LogP contribution is 2.11. The van der Waals surface area contributed by atoms with Gasteiger partial charge in [-0.15, -0.1) is 11.3 Å². The molecule has 2 aromatic rings. The standard InChI is InChI=1S/C11H13N5OS/c1-7-9(18-6-15-7)5-14-11(17)8-2-3-10(16-12)13-4-8/h2-4,6H,5,12H2,1H3,(H,13,16)(H,14,17). The summed E-state index contributed by atoms with van der Waals surface area (Å²) in [5.74, 6) is 5.55. The summed E-state index contributed by atoms with van der Waals surface area (Å²) in [5, 5.41) is 2.82. The molecule has 0 saturated carbocycles. The maximum Gasteiger partial charge on any atom is 0.253 e. The Morgan fingerprint density at radius 1 is 1.44 bits per heavy atom. The molecule has 0 unspecified atom stereocenters. The van der Waals surface area contributed by atoms with Crippen LogP contribution in [0.2, 0.25) is 0 Å². The number of anilines is 1. The second-order valence-corrected chi connectivity index (χ2v) is 4.56. The minimum atomic E-state index is -0.168. The van der Waals surface area contributed by atoms with E-state index in [9.17, 15) is 4.79 Å². The number of hydrogen-bond donors (Lipinski definition) is 3. The Kier molecular flexibility index (Phi) is 3.85. The fraction of sp³-hybridized carbons (Fsp3) is 0.182. The third-order valence-electron chi connectivity index (χ3n) is 2.43. The molecular formula is C11H13N5OS. The van der Waals surface area contributed by atoms with Gasteiger partial charge in [0.25, 0.3) is 5.91 Å². The number of carbonyl (C=O) groups is 1. The van der Waals surface area contributed by atoms with E-state index in [-0.39, 0.29) is 5.91 Å². The second kappa shape index (κ2) is 5.56. The van der Waals surface area contributed by atoms with Crippen molar-refractivity contribution in [2.45, 2.75) is 13.5 Å². The molecule has 0 saturated heterocycles. The lowest BCUT2D eigenvalue weighted by molar-refractivity contribution is 0.0951. The summed E-state index contributed by atoms with van der Waals surface area (Å²) in [6, 6.07) is 3.31. The molecule has 7 heteroatoms. The lowest BCUT2D eigenvalue weighted by Gasteiger charge is -2.04. The van der Waals surface area contributed by atoms with Crippen molar-refractivity contribution in [3.63, 3.8) is 0 Å². The first-order valence-corrected chi connectivity index (χ1v) is 6.18. The number of nitrogen functional groups attached to an aromatic ring is 1. The summed E-state index contributed by atoms with van der Waals surface area (Å²) in [5.41, 5.74) is 5.61. The number of nitrogens with two attached hydrogens (primary N) is 1. The summed E-state index contributed by atoms with van der Waals surface area (Å²) in [7, 11) is 0. The SMILES string of the molecule is Cc1ncsc1CNC(=O)c1ccc(NN)nc1. The molecule has 0 aliphatic rings. The van der Waals surface area contributed by atoms with E-state index in [4.69, 9.17) is 5.84 Å². The van der Waals surface area contributed by atoms with Gasteiger partial charge in [-0.1, -0.05) is 0 Å². The van der Waals surface area contributed by atoms with Crippen LogP contribution in [0.5, 0.6) is 0 Å². The number of hydrogen-bond acceptors (Lipinski definition) is 6. The highest BCUT2D eigenvalue weighted by molar-refractivity contribution is 7.09. The van der Waals surface area contributed by atoms with Gasteiger partial charge in [0.1, 0.15) is 5.82 Å². The summed E-state index contributed by atoms with van der Waals surface area (Å²) in [6.07, 6.45) is 1.48. The maximum absolute atomic E-state index is 11.8. The zero-order valence-electron chi connectivity index (χ0n) is 9.80. The third-order valence-corrected chi connectivity index (χ3v) is 3.36. The van der Waals surface area contributed by atoms with E-state index < -0.39 is 0 Å². The van der Waals surface area contributed by atoms with Gasteiger partial charge in [-0.2, -0.15) is 0 Å². The number of hydrazine groups is 1. The van der Waals surface area contributed by atoms with Crippen LogP contribution in [0.1, 0.15) is 20.9 Å². The van der Waals surface area contributed by atoms with Gasteiger partial charge in [0.05, 0.1) is 23.3 Å². The largest absolute Gasteiger partial charge is 0.347 e. The van der Waals surface area contributed by atoms with Gasteiger partial charge < -0.3 is 10.7 Å². The van der Waals surface area contributed by atoms with Crippen molar-refractivity contribution >= 4 is 23.1 Å². The van der Waals surface area contributed by atoms with Gasteiger partial charge in [-0.05, 0) is 19.1 Å². The number of carbonyl (C=O) groups excluding carboxylic acids is 1. The van der Waals surface area contributed by atoms with Crippen molar-refractivity contribution in [2.24, 2.45) is 5.84 Å². The van der Waals surface area contributed by atoms with Crippen molar-refractivity contribution < 1.29 is 4.79 Å². The molecule has 0 atom stereocenters. The van der Waals surface area contributed by atoms with Crippen LogP contribution in [-0.4, -0.2) is 15.9 Å². The first-order chi connectivity index (χ1) is 8.70. The average Bonchev–Trinajstić information content (AvgIpc) is 2.81. The average molecular weight is 263 g/mol. The topological polar surface area (TPSA) is 92.9 Å². The van der Waals surface area contributed by atoms with E-state index >= 15 is 0 Å². The molecule has 1 amide bonds. The molecule has 0 spiro atoms. The molecule has 0 aliphatic carbocycles. The van der Waals surface area contributed by atoms with Gasteiger partial charge in [0, 0.05) is 11.1 Å². The Hall–Kier alpha value is -1.99. The molecule has 0 aliphatic heterocycles. The van der Waals surface area contributed by atoms with Crippen molar-refractivity contribution in [1.82, 2.24) is 15.3 Å². The molecule has 94 valence electrons. The van der Waals surface area contributed by atoms with E-state index in [2.05, 4.69) is 20.7 Å². The second-order valence-electron chi connectivity index (χ2n) is 3.62. The van der Waals surface area contributed by atoms with Gasteiger partial charge in [0.15, 0.2) is 0 Å². The smallest absolute Gasteiger partial charge is 0.253 e. The van der Waals surface area contributed by atoms with Crippen LogP contribution in [0.4, 0.5) is 5.82 Å². The summed E-state index contributed by atoms with van der Waals surface area (Å²) in [4.78, 5) is 21.0. The van der Waals surface area contributed by atoms with Crippen molar-refractivity contribution in [1.29, 1.82) is 0 Å². The lowest BCUT2D eigenvalue weighted by atomic mass is 10.2. The van der Waals surface area contributed by atoms with E-state index in [0.717, 1.165) is 10.6 Å². The number of rotatable bonds is 4. The van der Waals surface area contributed by atoms with E-state index in [1.165, 1.54) is 17.5 Å². The van der Waals surface area contributed by atoms with Crippen molar-refractivity contribution in [2.75, 3.05) is 5.43 Å². The fourth-order valence-corrected chi connectivity index (χ4v) is 2.09. The summed E-state index contributed by atoms with van der Waals surface area (Å²) in [6.45, 7) is 2.40. The molecule has 6 nitrogen and oxygen atoms in total.